The Morgan fingerprint density at radius 3 is 1.86 bits per heavy atom. The van der Waals surface area contributed by atoms with E-state index in [0.29, 0.717) is 11.9 Å². The third-order valence-corrected chi connectivity index (χ3v) is 4.70. The summed E-state index contributed by atoms with van der Waals surface area (Å²) in [5.74, 6) is 0.299. The summed E-state index contributed by atoms with van der Waals surface area (Å²) < 4.78 is 0. The van der Waals surface area contributed by atoms with E-state index < -0.39 is 0 Å². The van der Waals surface area contributed by atoms with E-state index in [-0.39, 0.29) is 5.41 Å². The molecule has 0 heterocycles. The molecule has 0 bridgehead atoms. The van der Waals surface area contributed by atoms with Gasteiger partial charge in [-0.05, 0) is 25.7 Å². The summed E-state index contributed by atoms with van der Waals surface area (Å²) in [6.45, 7) is 11.0. The molecule has 0 aromatic rings. The third kappa shape index (κ3) is 8.48. The number of rotatable bonds is 13. The quantitative estimate of drug-likeness (QED) is 0.425. The molecule has 1 amide bonds. The van der Waals surface area contributed by atoms with Gasteiger partial charge in [-0.3, -0.25) is 4.79 Å². The molecule has 0 aliphatic carbocycles. The van der Waals surface area contributed by atoms with Gasteiger partial charge in [-0.25, -0.2) is 0 Å². The lowest BCUT2D eigenvalue weighted by Crippen LogP contribution is -2.44. The van der Waals surface area contributed by atoms with E-state index in [1.54, 1.807) is 0 Å². The van der Waals surface area contributed by atoms with Gasteiger partial charge in [-0.15, -0.1) is 0 Å². The van der Waals surface area contributed by atoms with Crippen LogP contribution in [0.5, 0.6) is 0 Å². The van der Waals surface area contributed by atoms with E-state index in [0.717, 1.165) is 38.5 Å². The first-order valence-corrected chi connectivity index (χ1v) is 9.34. The van der Waals surface area contributed by atoms with Gasteiger partial charge in [0.1, 0.15) is 0 Å². The minimum Gasteiger partial charge on any atom is -0.353 e. The van der Waals surface area contributed by atoms with E-state index in [4.69, 9.17) is 0 Å². The number of hydrogen-bond acceptors (Lipinski definition) is 1. The zero-order valence-electron chi connectivity index (χ0n) is 15.3. The topological polar surface area (TPSA) is 29.1 Å². The van der Waals surface area contributed by atoms with Crippen LogP contribution < -0.4 is 5.32 Å². The molecule has 0 aromatic heterocycles. The van der Waals surface area contributed by atoms with Crippen LogP contribution in [-0.2, 0) is 4.79 Å². The first-order chi connectivity index (χ1) is 10.0. The molecule has 1 unspecified atom stereocenters. The molecular formula is C19H39NO. The van der Waals surface area contributed by atoms with Gasteiger partial charge in [0.15, 0.2) is 0 Å². The second-order valence-corrected chi connectivity index (χ2v) is 6.84. The molecule has 0 radical (unpaired) electrons. The Labute approximate surface area is 133 Å². The maximum Gasteiger partial charge on any atom is 0.226 e. The standard InChI is InChI=1S/C19H39NO/c1-6-10-13-14-17(9-4)20-18(21)19(5,15-11-7-2)16-12-8-3/h17H,6-16H2,1-5H3,(H,20,21). The number of carbonyl (C=O) groups is 1. The summed E-state index contributed by atoms with van der Waals surface area (Å²) in [5.41, 5.74) is -0.163. The fourth-order valence-electron chi connectivity index (χ4n) is 2.86. The van der Waals surface area contributed by atoms with Gasteiger partial charge in [-0.1, -0.05) is 79.6 Å². The predicted molar refractivity (Wildman–Crippen MR) is 93.5 cm³/mol. The van der Waals surface area contributed by atoms with Crippen LogP contribution >= 0.6 is 0 Å². The SMILES string of the molecule is CCCCCC(CC)NC(=O)C(C)(CCCC)CCCC. The van der Waals surface area contributed by atoms with Crippen molar-refractivity contribution in [3.05, 3.63) is 0 Å². The van der Waals surface area contributed by atoms with E-state index in [1.165, 1.54) is 32.1 Å². The van der Waals surface area contributed by atoms with Crippen LogP contribution in [0.15, 0.2) is 0 Å². The molecule has 126 valence electrons. The average Bonchev–Trinajstić information content (AvgIpc) is 2.49. The van der Waals surface area contributed by atoms with Crippen LogP contribution in [-0.4, -0.2) is 11.9 Å². The van der Waals surface area contributed by atoms with Crippen molar-refractivity contribution in [3.8, 4) is 0 Å². The summed E-state index contributed by atoms with van der Waals surface area (Å²) in [4.78, 5) is 12.8. The number of carbonyl (C=O) groups excluding carboxylic acids is 1. The molecule has 0 spiro atoms. The molecule has 2 nitrogen and oxygen atoms in total. The minimum absolute atomic E-state index is 0.163. The molecule has 0 saturated carbocycles. The normalized spacial score (nSPS) is 13.2. The number of hydrogen-bond donors (Lipinski definition) is 1. The third-order valence-electron chi connectivity index (χ3n) is 4.70. The van der Waals surface area contributed by atoms with Crippen molar-refractivity contribution < 1.29 is 4.79 Å². The highest BCUT2D eigenvalue weighted by Crippen LogP contribution is 2.31. The predicted octanol–water partition coefficient (Wildman–Crippen LogP) is 5.85. The van der Waals surface area contributed by atoms with E-state index >= 15 is 0 Å². The lowest BCUT2D eigenvalue weighted by atomic mass is 9.79. The summed E-state index contributed by atoms with van der Waals surface area (Å²) >= 11 is 0. The second-order valence-electron chi connectivity index (χ2n) is 6.84. The molecule has 0 aliphatic heterocycles. The molecule has 0 aromatic carbocycles. The molecule has 0 fully saturated rings. The Hall–Kier alpha value is -0.530. The van der Waals surface area contributed by atoms with Gasteiger partial charge >= 0.3 is 0 Å². The molecule has 2 heteroatoms. The van der Waals surface area contributed by atoms with Crippen molar-refractivity contribution in [2.75, 3.05) is 0 Å². The van der Waals surface area contributed by atoms with Crippen molar-refractivity contribution in [1.29, 1.82) is 0 Å². The maximum absolute atomic E-state index is 12.8. The van der Waals surface area contributed by atoms with Crippen molar-refractivity contribution in [2.24, 2.45) is 5.41 Å². The van der Waals surface area contributed by atoms with Crippen LogP contribution in [0.1, 0.15) is 105 Å². The Kier molecular flexibility index (Phi) is 11.8. The number of unbranched alkanes of at least 4 members (excludes halogenated alkanes) is 4. The zero-order valence-corrected chi connectivity index (χ0v) is 15.3. The molecule has 1 atom stereocenters. The lowest BCUT2D eigenvalue weighted by Gasteiger charge is -2.31. The van der Waals surface area contributed by atoms with Crippen LogP contribution in [0.2, 0.25) is 0 Å². The summed E-state index contributed by atoms with van der Waals surface area (Å²) in [5, 5.41) is 3.35. The monoisotopic (exact) mass is 297 g/mol. The highest BCUT2D eigenvalue weighted by atomic mass is 16.2. The fraction of sp³-hybridized carbons (Fsp3) is 0.947. The van der Waals surface area contributed by atoms with Crippen LogP contribution in [0.3, 0.4) is 0 Å². The molecule has 0 saturated heterocycles. The Morgan fingerprint density at radius 2 is 1.43 bits per heavy atom. The molecule has 21 heavy (non-hydrogen) atoms. The molecule has 0 aliphatic rings. The number of nitrogens with one attached hydrogen (secondary N) is 1. The largest absolute Gasteiger partial charge is 0.353 e. The van der Waals surface area contributed by atoms with Gasteiger partial charge < -0.3 is 5.32 Å². The summed E-state index contributed by atoms with van der Waals surface area (Å²) in [7, 11) is 0. The van der Waals surface area contributed by atoms with Gasteiger partial charge in [0.05, 0.1) is 0 Å². The van der Waals surface area contributed by atoms with Gasteiger partial charge in [-0.2, -0.15) is 0 Å². The Balaban J connectivity index is 4.53. The molecular weight excluding hydrogens is 258 g/mol. The van der Waals surface area contributed by atoms with Crippen molar-refractivity contribution in [1.82, 2.24) is 5.32 Å². The molecule has 0 rings (SSSR count). The van der Waals surface area contributed by atoms with Crippen LogP contribution in [0.4, 0.5) is 0 Å². The average molecular weight is 298 g/mol. The summed E-state index contributed by atoms with van der Waals surface area (Å²) in [6.07, 6.45) is 12.6. The van der Waals surface area contributed by atoms with Gasteiger partial charge in [0, 0.05) is 11.5 Å². The number of amides is 1. The highest BCUT2D eigenvalue weighted by Gasteiger charge is 2.32. The lowest BCUT2D eigenvalue weighted by molar-refractivity contribution is -0.132. The van der Waals surface area contributed by atoms with Crippen LogP contribution in [0.25, 0.3) is 0 Å². The maximum atomic E-state index is 12.8. The zero-order chi connectivity index (χ0) is 16.1. The minimum atomic E-state index is -0.163. The van der Waals surface area contributed by atoms with Crippen molar-refractivity contribution >= 4 is 5.91 Å². The van der Waals surface area contributed by atoms with Gasteiger partial charge in [0.2, 0.25) is 5.91 Å². The summed E-state index contributed by atoms with van der Waals surface area (Å²) in [6, 6.07) is 0.367. The highest BCUT2D eigenvalue weighted by molar-refractivity contribution is 5.82. The first kappa shape index (κ1) is 20.5. The van der Waals surface area contributed by atoms with E-state index in [9.17, 15) is 4.79 Å². The van der Waals surface area contributed by atoms with Crippen molar-refractivity contribution in [2.45, 2.75) is 111 Å². The smallest absolute Gasteiger partial charge is 0.226 e. The van der Waals surface area contributed by atoms with Crippen LogP contribution in [0, 0.1) is 5.41 Å². The van der Waals surface area contributed by atoms with Gasteiger partial charge in [0.25, 0.3) is 0 Å². The fourth-order valence-corrected chi connectivity index (χ4v) is 2.86. The van der Waals surface area contributed by atoms with E-state index in [1.807, 2.05) is 0 Å². The Bertz CT molecular complexity index is 254. The Morgan fingerprint density at radius 1 is 0.905 bits per heavy atom. The molecule has 1 N–H and O–H groups in total. The van der Waals surface area contributed by atoms with E-state index in [2.05, 4.69) is 39.9 Å². The first-order valence-electron chi connectivity index (χ1n) is 9.34. The van der Waals surface area contributed by atoms with Crippen molar-refractivity contribution in [3.63, 3.8) is 0 Å². The second kappa shape index (κ2) is 12.1.